The smallest absolute Gasteiger partial charge is 0.290 e. The first kappa shape index (κ1) is 8.80. The van der Waals surface area contributed by atoms with Gasteiger partial charge >= 0.3 is 0 Å². The van der Waals surface area contributed by atoms with Crippen LogP contribution in [0, 0.1) is 0 Å². The fraction of sp³-hybridized carbons (Fsp3) is 1.00. The van der Waals surface area contributed by atoms with Gasteiger partial charge in [-0.25, -0.2) is 0 Å². The molecule has 0 saturated heterocycles. The van der Waals surface area contributed by atoms with Crippen LogP contribution in [0.3, 0.4) is 0 Å². The van der Waals surface area contributed by atoms with Crippen LogP contribution in [0.2, 0.25) is 0 Å². The molecule has 8 heavy (non-hydrogen) atoms. The Labute approximate surface area is 58.5 Å². The van der Waals surface area contributed by atoms with E-state index in [0.29, 0.717) is 0 Å². The van der Waals surface area contributed by atoms with Crippen LogP contribution < -0.4 is 5.23 Å². The molecule has 0 aromatic rings. The van der Waals surface area contributed by atoms with Gasteiger partial charge in [-0.05, 0) is 26.3 Å². The second-order valence-corrected chi connectivity index (χ2v) is 3.97. The maximum atomic E-state index is 3.19. The van der Waals surface area contributed by atoms with Gasteiger partial charge in [-0.2, -0.15) is 11.2 Å². The molecule has 0 saturated carbocycles. The summed E-state index contributed by atoms with van der Waals surface area (Å²) in [6, 6.07) is 0. The zero-order valence-corrected chi connectivity index (χ0v) is 7.53. The van der Waals surface area contributed by atoms with Crippen LogP contribution in [-0.4, -0.2) is 12.2 Å². The highest BCUT2D eigenvalue weighted by atomic mass is 32.7. The molecular weight excluding hydrogens is 136 g/mol. The molecule has 1 N–H and O–H groups in total. The Balaban J connectivity index is 3.11. The Bertz CT molecular complexity index is 63.5. The monoisotopic (exact) mass is 148 g/mol. The van der Waals surface area contributed by atoms with Crippen molar-refractivity contribution in [1.82, 2.24) is 5.23 Å². The van der Waals surface area contributed by atoms with E-state index >= 15 is 0 Å². The molecule has 0 amide bonds. The summed E-state index contributed by atoms with van der Waals surface area (Å²) in [7, 11) is 2.56. The van der Waals surface area contributed by atoms with Crippen LogP contribution in [0.1, 0.15) is 20.8 Å². The van der Waals surface area contributed by atoms with E-state index in [0.717, 1.165) is 0 Å². The highest BCUT2D eigenvalue weighted by Crippen LogP contribution is 2.07. The summed E-state index contributed by atoms with van der Waals surface area (Å²) >= 11 is 1.61. The minimum Gasteiger partial charge on any atom is -0.346 e. The van der Waals surface area contributed by atoms with E-state index < -0.39 is 0 Å². The zero-order valence-electron chi connectivity index (χ0n) is 5.56. The Hall–Kier alpha value is 0.805. The molecule has 0 fully saturated rings. The van der Waals surface area contributed by atoms with Gasteiger partial charge in [0.2, 0.25) is 0 Å². The molecule has 0 aliphatic carbocycles. The van der Waals surface area contributed by atoms with Crippen molar-refractivity contribution in [3.05, 3.63) is 0 Å². The molecular formula is C4H12BNPS. The van der Waals surface area contributed by atoms with Crippen molar-refractivity contribution >= 4 is 26.4 Å². The number of nitrogens with one attached hydrogen (secondary N) is 1. The van der Waals surface area contributed by atoms with Gasteiger partial charge in [0.05, 0.1) is 0 Å². The lowest BCUT2D eigenvalue weighted by Crippen LogP contribution is -2.36. The molecule has 1 unspecified atom stereocenters. The van der Waals surface area contributed by atoms with Gasteiger partial charge < -0.3 is 5.23 Å². The van der Waals surface area contributed by atoms with Crippen LogP contribution in [0.15, 0.2) is 0 Å². The molecule has 1 radical (unpaired) electrons. The highest BCUT2D eigenvalue weighted by Gasteiger charge is 2.06. The second kappa shape index (κ2) is 3.76. The first-order valence-corrected chi connectivity index (χ1v) is 4.87. The van der Waals surface area contributed by atoms with Crippen molar-refractivity contribution in [2.45, 2.75) is 26.3 Å². The summed E-state index contributed by atoms with van der Waals surface area (Å²) < 4.78 is 0. The van der Waals surface area contributed by atoms with Crippen LogP contribution in [0.25, 0.3) is 0 Å². The Kier molecular flexibility index (Phi) is 4.14. The third kappa shape index (κ3) is 6.80. The fourth-order valence-electron chi connectivity index (χ4n) is 0.211. The number of hydrogen-bond donors (Lipinski definition) is 1. The molecule has 0 aromatic heterocycles. The van der Waals surface area contributed by atoms with E-state index in [1.807, 2.05) is 6.69 Å². The SMILES string of the molecule is CC(C)(C)N[B]SP. The number of hydrogen-bond acceptors (Lipinski definition) is 2. The van der Waals surface area contributed by atoms with Crippen LogP contribution in [-0.2, 0) is 0 Å². The van der Waals surface area contributed by atoms with Gasteiger partial charge in [-0.15, -0.1) is 0 Å². The Morgan fingerprint density at radius 3 is 2.12 bits per heavy atom. The average molecular weight is 148 g/mol. The largest absolute Gasteiger partial charge is 0.346 e. The molecule has 0 bridgehead atoms. The van der Waals surface area contributed by atoms with E-state index in [2.05, 4.69) is 34.4 Å². The molecule has 47 valence electrons. The zero-order chi connectivity index (χ0) is 6.62. The van der Waals surface area contributed by atoms with E-state index in [4.69, 9.17) is 0 Å². The van der Waals surface area contributed by atoms with Gasteiger partial charge in [0.25, 0.3) is 6.69 Å². The first-order valence-electron chi connectivity index (χ1n) is 2.51. The summed E-state index contributed by atoms with van der Waals surface area (Å²) in [6.45, 7) is 8.35. The standard InChI is InChI=1S/C4H12BNPS/c1-4(2,3)6-5-8-7/h6H,7H2,1-3H3. The molecule has 0 aliphatic heterocycles. The van der Waals surface area contributed by atoms with Gasteiger partial charge in [-0.3, -0.25) is 0 Å². The van der Waals surface area contributed by atoms with Gasteiger partial charge in [0.1, 0.15) is 0 Å². The summed E-state index contributed by atoms with van der Waals surface area (Å²) in [5.41, 5.74) is 0.212. The molecule has 4 heteroatoms. The van der Waals surface area contributed by atoms with Crippen molar-refractivity contribution < 1.29 is 0 Å². The summed E-state index contributed by atoms with van der Waals surface area (Å²) in [5, 5.41) is 3.19. The lowest BCUT2D eigenvalue weighted by Gasteiger charge is -2.18. The van der Waals surface area contributed by atoms with Crippen molar-refractivity contribution in [3.8, 4) is 0 Å². The summed E-state index contributed by atoms with van der Waals surface area (Å²) in [6.07, 6.45) is 0. The quantitative estimate of drug-likeness (QED) is 0.469. The third-order valence-electron chi connectivity index (χ3n) is 0.560. The van der Waals surface area contributed by atoms with Crippen molar-refractivity contribution in [2.75, 3.05) is 0 Å². The topological polar surface area (TPSA) is 12.0 Å². The molecule has 0 spiro atoms. The molecule has 0 heterocycles. The minimum absolute atomic E-state index is 0.212. The first-order chi connectivity index (χ1) is 3.56. The average Bonchev–Trinajstić information content (AvgIpc) is 1.59. The second-order valence-electron chi connectivity index (χ2n) is 2.65. The minimum atomic E-state index is 0.212. The molecule has 1 nitrogen and oxygen atoms in total. The molecule has 0 aromatic carbocycles. The van der Waals surface area contributed by atoms with E-state index in [-0.39, 0.29) is 5.54 Å². The van der Waals surface area contributed by atoms with Crippen molar-refractivity contribution in [2.24, 2.45) is 0 Å². The van der Waals surface area contributed by atoms with E-state index in [1.165, 1.54) is 0 Å². The van der Waals surface area contributed by atoms with E-state index in [9.17, 15) is 0 Å². The van der Waals surface area contributed by atoms with Crippen LogP contribution >= 0.6 is 19.7 Å². The Morgan fingerprint density at radius 2 is 2.00 bits per heavy atom. The number of rotatable bonds is 2. The van der Waals surface area contributed by atoms with Gasteiger partial charge in [0, 0.05) is 0 Å². The van der Waals surface area contributed by atoms with Crippen molar-refractivity contribution in [1.29, 1.82) is 0 Å². The van der Waals surface area contributed by atoms with Gasteiger partial charge in [0.15, 0.2) is 0 Å². The molecule has 0 aliphatic rings. The molecule has 0 rings (SSSR count). The normalized spacial score (nSPS) is 11.5. The van der Waals surface area contributed by atoms with E-state index in [1.54, 1.807) is 11.2 Å². The summed E-state index contributed by atoms with van der Waals surface area (Å²) in [4.78, 5) is 0. The predicted octanol–water partition coefficient (Wildman–Crippen LogP) is 1.43. The fourth-order valence-corrected chi connectivity index (χ4v) is 0.837. The molecule has 1 atom stereocenters. The predicted molar refractivity (Wildman–Crippen MR) is 45.9 cm³/mol. The third-order valence-corrected chi connectivity index (χ3v) is 1.22. The van der Waals surface area contributed by atoms with Crippen molar-refractivity contribution in [3.63, 3.8) is 0 Å². The lowest BCUT2D eigenvalue weighted by molar-refractivity contribution is 0.527. The van der Waals surface area contributed by atoms with Gasteiger partial charge in [-0.1, -0.05) is 8.44 Å². The highest BCUT2D eigenvalue weighted by molar-refractivity contribution is 8.57. The maximum absolute atomic E-state index is 3.19. The lowest BCUT2D eigenvalue weighted by atomic mass is 10.1. The van der Waals surface area contributed by atoms with Crippen LogP contribution in [0.4, 0.5) is 0 Å². The maximum Gasteiger partial charge on any atom is 0.290 e. The van der Waals surface area contributed by atoms with Crippen LogP contribution in [0.5, 0.6) is 0 Å². The summed E-state index contributed by atoms with van der Waals surface area (Å²) in [5.74, 6) is 0. The Morgan fingerprint density at radius 1 is 1.50 bits per heavy atom.